The predicted molar refractivity (Wildman–Crippen MR) is 271 cm³/mol. The first kappa shape index (κ1) is 58.9. The third-order valence-electron chi connectivity index (χ3n) is 13.1. The lowest BCUT2D eigenvalue weighted by atomic mass is 10.0. The van der Waals surface area contributed by atoms with E-state index in [0.29, 0.717) is 42.8 Å². The number of hydrogen-bond acceptors (Lipinski definition) is 9. The van der Waals surface area contributed by atoms with Crippen molar-refractivity contribution in [3.63, 3.8) is 0 Å². The Morgan fingerprint density at radius 2 is 0.734 bits per heavy atom. The molecule has 2 rings (SSSR count). The number of thioether (sulfide) groups is 1. The van der Waals surface area contributed by atoms with Crippen molar-refractivity contribution >= 4 is 11.8 Å². The molecule has 0 aliphatic carbocycles. The van der Waals surface area contributed by atoms with Gasteiger partial charge in [-0.1, -0.05) is 233 Å². The Bertz CT molecular complexity index is 1120. The topological polar surface area (TPSA) is 118 Å². The summed E-state index contributed by atoms with van der Waals surface area (Å²) in [6, 6.07) is 4.07. The smallest absolute Gasteiger partial charge is 0.203 e. The monoisotopic (exact) mass is 923 g/mol. The molecule has 0 unspecified atom stereocenters. The Hall–Kier alpha value is -1.23. The van der Waals surface area contributed by atoms with Gasteiger partial charge in [0.05, 0.1) is 26.4 Å². The molecule has 64 heavy (non-hydrogen) atoms. The number of aliphatic hydroxyl groups is 4. The van der Waals surface area contributed by atoms with Gasteiger partial charge >= 0.3 is 0 Å². The van der Waals surface area contributed by atoms with E-state index in [1.807, 2.05) is 12.1 Å². The van der Waals surface area contributed by atoms with Gasteiger partial charge in [-0.25, -0.2) is 0 Å². The summed E-state index contributed by atoms with van der Waals surface area (Å²) < 4.78 is 25.6. The van der Waals surface area contributed by atoms with Crippen LogP contribution in [0.4, 0.5) is 0 Å². The third-order valence-corrected chi connectivity index (χ3v) is 14.3. The quantitative estimate of drug-likeness (QED) is 0.0474. The van der Waals surface area contributed by atoms with E-state index in [9.17, 15) is 20.4 Å². The number of ether oxygens (including phenoxy) is 4. The zero-order valence-corrected chi connectivity index (χ0v) is 42.7. The molecule has 4 N–H and O–H groups in total. The van der Waals surface area contributed by atoms with Crippen LogP contribution in [0.1, 0.15) is 257 Å². The van der Waals surface area contributed by atoms with Crippen LogP contribution in [0.25, 0.3) is 0 Å². The summed E-state index contributed by atoms with van der Waals surface area (Å²) in [7, 11) is 0. The van der Waals surface area contributed by atoms with Crippen molar-refractivity contribution in [1.29, 1.82) is 0 Å². The molecule has 1 aliphatic rings. The van der Waals surface area contributed by atoms with Crippen LogP contribution in [-0.4, -0.2) is 76.7 Å². The lowest BCUT2D eigenvalue weighted by Gasteiger charge is -2.39. The maximum Gasteiger partial charge on any atom is 0.203 e. The number of rotatable bonds is 46. The minimum Gasteiger partial charge on any atom is -0.490 e. The summed E-state index contributed by atoms with van der Waals surface area (Å²) in [6.07, 6.45) is 41.5. The summed E-state index contributed by atoms with van der Waals surface area (Å²) in [5.41, 5.74) is 0.127. The second-order valence-corrected chi connectivity index (χ2v) is 20.2. The predicted octanol–water partition coefficient (Wildman–Crippen LogP) is 15.0. The molecular weight excluding hydrogens is 821 g/mol. The van der Waals surface area contributed by atoms with Gasteiger partial charge in [0.1, 0.15) is 29.9 Å². The molecule has 376 valence electrons. The fourth-order valence-corrected chi connectivity index (χ4v) is 9.92. The molecule has 0 radical (unpaired) electrons. The maximum atomic E-state index is 10.8. The van der Waals surface area contributed by atoms with Crippen molar-refractivity contribution in [2.75, 3.05) is 26.4 Å². The van der Waals surface area contributed by atoms with Gasteiger partial charge in [0, 0.05) is 5.75 Å². The lowest BCUT2D eigenvalue weighted by molar-refractivity contribution is -0.205. The number of aliphatic hydroxyl groups excluding tert-OH is 4. The van der Waals surface area contributed by atoms with Crippen LogP contribution in [0, 0.1) is 0 Å². The number of hydrogen-bond donors (Lipinski definition) is 4. The normalized spacial score (nSPS) is 18.8. The Labute approximate surface area is 398 Å². The first-order valence-electron chi connectivity index (χ1n) is 27.4. The highest BCUT2D eigenvalue weighted by Crippen LogP contribution is 2.41. The summed E-state index contributed by atoms with van der Waals surface area (Å²) in [6.45, 7) is 8.21. The van der Waals surface area contributed by atoms with Crippen molar-refractivity contribution < 1.29 is 39.4 Å². The van der Waals surface area contributed by atoms with Gasteiger partial charge in [0.2, 0.25) is 5.75 Å². The Balaban J connectivity index is 2.03. The summed E-state index contributed by atoms with van der Waals surface area (Å²) >= 11 is 1.33. The zero-order valence-electron chi connectivity index (χ0n) is 41.9. The Morgan fingerprint density at radius 1 is 0.422 bits per heavy atom. The van der Waals surface area contributed by atoms with Gasteiger partial charge in [-0.05, 0) is 37.0 Å². The first-order valence-corrected chi connectivity index (χ1v) is 28.5. The van der Waals surface area contributed by atoms with Gasteiger partial charge in [-0.15, -0.1) is 11.8 Å². The van der Waals surface area contributed by atoms with Gasteiger partial charge in [0.25, 0.3) is 0 Å². The lowest BCUT2D eigenvalue weighted by Crippen LogP contribution is -2.57. The summed E-state index contributed by atoms with van der Waals surface area (Å²) in [5.74, 6) is 2.52. The molecule has 0 aromatic heterocycles. The van der Waals surface area contributed by atoms with Crippen LogP contribution >= 0.6 is 11.8 Å². The fraction of sp³-hybridized carbons (Fsp3) is 0.891. The van der Waals surface area contributed by atoms with Gasteiger partial charge < -0.3 is 39.4 Å². The molecule has 0 saturated carbocycles. The van der Waals surface area contributed by atoms with E-state index in [1.54, 1.807) is 0 Å². The van der Waals surface area contributed by atoms with Gasteiger partial charge in [-0.2, -0.15) is 0 Å². The Kier molecular flexibility index (Phi) is 38.6. The van der Waals surface area contributed by atoms with Crippen LogP contribution in [-0.2, 0) is 10.5 Å². The maximum absolute atomic E-state index is 10.8. The SMILES string of the molecule is CCCCCCCCCCCCCCOc1cc(CS[C@H]2O[C@H](CO)[C@@H](O)[C@H](O)[C@H]2O)cc(OCCCCCCCCCCCCCC)c1OCCCCCCCCCCCCCC. The number of unbranched alkanes of at least 4 members (excludes halogenated alkanes) is 33. The molecule has 1 aliphatic heterocycles. The molecule has 0 amide bonds. The Morgan fingerprint density at radius 3 is 1.06 bits per heavy atom. The highest BCUT2D eigenvalue weighted by molar-refractivity contribution is 7.99. The van der Waals surface area contributed by atoms with Crippen LogP contribution in [0.15, 0.2) is 12.1 Å². The molecule has 9 heteroatoms. The molecule has 0 bridgehead atoms. The van der Waals surface area contributed by atoms with Crippen molar-refractivity contribution in [3.05, 3.63) is 17.7 Å². The van der Waals surface area contributed by atoms with E-state index >= 15 is 0 Å². The highest BCUT2D eigenvalue weighted by atomic mass is 32.2. The van der Waals surface area contributed by atoms with Crippen molar-refractivity contribution in [1.82, 2.24) is 0 Å². The second kappa shape index (κ2) is 41.9. The molecule has 5 atom stereocenters. The van der Waals surface area contributed by atoms with E-state index in [2.05, 4.69) is 20.8 Å². The van der Waals surface area contributed by atoms with E-state index < -0.39 is 36.5 Å². The molecule has 1 fully saturated rings. The van der Waals surface area contributed by atoms with Gasteiger partial charge in [-0.3, -0.25) is 0 Å². The molecule has 1 heterocycles. The number of benzene rings is 1. The third kappa shape index (κ3) is 28.8. The van der Waals surface area contributed by atoms with E-state index in [1.165, 1.54) is 204 Å². The van der Waals surface area contributed by atoms with Crippen LogP contribution in [0.3, 0.4) is 0 Å². The van der Waals surface area contributed by atoms with Crippen LogP contribution in [0.2, 0.25) is 0 Å². The summed E-state index contributed by atoms with van der Waals surface area (Å²) in [5, 5.41) is 41.3. The standard InChI is InChI=1S/C55H102O8S/c1-4-7-10-13-16-19-22-25-28-31-34-37-40-60-48-43-47(46-64-55-53(59)52(58)51(57)50(45-56)63-55)44-49(61-41-38-35-32-29-26-23-20-17-14-11-8-5-2)54(48)62-42-39-36-33-30-27-24-21-18-15-12-9-6-3/h43-44,50-53,55-59H,4-42,45-46H2,1-3H3/t50-,51-,52+,53-,55-/m1/s1. The van der Waals surface area contributed by atoms with E-state index in [-0.39, 0.29) is 0 Å². The average Bonchev–Trinajstić information content (AvgIpc) is 3.30. The molecule has 8 nitrogen and oxygen atoms in total. The first-order chi connectivity index (χ1) is 31.5. The highest BCUT2D eigenvalue weighted by Gasteiger charge is 2.43. The van der Waals surface area contributed by atoms with E-state index in [0.717, 1.165) is 44.1 Å². The molecule has 1 saturated heterocycles. The van der Waals surface area contributed by atoms with Crippen LogP contribution < -0.4 is 14.2 Å². The van der Waals surface area contributed by atoms with Crippen molar-refractivity contribution in [3.8, 4) is 17.2 Å². The molecular formula is C55H102O8S. The molecule has 0 spiro atoms. The minimum absolute atomic E-state index is 0.443. The van der Waals surface area contributed by atoms with Crippen LogP contribution in [0.5, 0.6) is 17.2 Å². The van der Waals surface area contributed by atoms with Crippen molar-refractivity contribution in [2.45, 2.75) is 288 Å². The van der Waals surface area contributed by atoms with Gasteiger partial charge in [0.15, 0.2) is 11.5 Å². The summed E-state index contributed by atoms with van der Waals surface area (Å²) in [4.78, 5) is 0. The van der Waals surface area contributed by atoms with Crippen molar-refractivity contribution in [2.24, 2.45) is 0 Å². The zero-order chi connectivity index (χ0) is 46.1. The average molecular weight is 923 g/mol. The fourth-order valence-electron chi connectivity index (χ4n) is 8.82. The second-order valence-electron chi connectivity index (χ2n) is 19.1. The molecule has 1 aromatic carbocycles. The minimum atomic E-state index is -1.40. The molecule has 1 aromatic rings. The largest absolute Gasteiger partial charge is 0.490 e. The van der Waals surface area contributed by atoms with E-state index in [4.69, 9.17) is 18.9 Å².